The van der Waals surface area contributed by atoms with Crippen molar-refractivity contribution in [2.45, 2.75) is 26.3 Å². The van der Waals surface area contributed by atoms with Crippen molar-refractivity contribution in [3.8, 4) is 0 Å². The summed E-state index contributed by atoms with van der Waals surface area (Å²) in [6.45, 7) is 4.78. The van der Waals surface area contributed by atoms with E-state index in [1.54, 1.807) is 12.1 Å². The van der Waals surface area contributed by atoms with Gasteiger partial charge < -0.3 is 16.0 Å². The Morgan fingerprint density at radius 3 is 2.55 bits per heavy atom. The minimum atomic E-state index is -0.0682. The van der Waals surface area contributed by atoms with Gasteiger partial charge in [0.2, 0.25) is 5.91 Å². The van der Waals surface area contributed by atoms with Crippen molar-refractivity contribution in [3.63, 3.8) is 0 Å². The molecule has 1 aliphatic heterocycles. The van der Waals surface area contributed by atoms with Crippen LogP contribution < -0.4 is 16.0 Å². The lowest BCUT2D eigenvalue weighted by Gasteiger charge is -2.21. The van der Waals surface area contributed by atoms with E-state index in [4.69, 9.17) is 0 Å². The molecule has 1 aliphatic rings. The molecule has 122 valence electrons. The monoisotopic (exact) mass is 325 g/mol. The van der Waals surface area contributed by atoms with Crippen LogP contribution in [0.15, 0.2) is 24.3 Å². The Labute approximate surface area is 137 Å². The number of piperidine rings is 1. The van der Waals surface area contributed by atoms with Crippen LogP contribution in [0.25, 0.3) is 0 Å². The number of halogens is 1. The molecule has 1 fully saturated rings. The summed E-state index contributed by atoms with van der Waals surface area (Å²) in [6.07, 6.45) is 2.01. The average Bonchev–Trinajstić information content (AvgIpc) is 2.54. The van der Waals surface area contributed by atoms with Gasteiger partial charge in [0.1, 0.15) is 0 Å². The van der Waals surface area contributed by atoms with Crippen molar-refractivity contribution in [2.75, 3.05) is 19.6 Å². The summed E-state index contributed by atoms with van der Waals surface area (Å²) in [7, 11) is 0. The van der Waals surface area contributed by atoms with E-state index in [2.05, 4.69) is 16.0 Å². The molecule has 0 spiro atoms. The molecule has 1 atom stereocenters. The van der Waals surface area contributed by atoms with Gasteiger partial charge in [-0.15, -0.1) is 12.4 Å². The normalized spacial score (nSPS) is 17.2. The number of nitrogens with one attached hydrogen (secondary N) is 3. The van der Waals surface area contributed by atoms with Gasteiger partial charge in [0.05, 0.1) is 5.92 Å². The van der Waals surface area contributed by atoms with Gasteiger partial charge in [-0.3, -0.25) is 9.59 Å². The van der Waals surface area contributed by atoms with E-state index >= 15 is 0 Å². The Kier molecular flexibility index (Phi) is 7.91. The van der Waals surface area contributed by atoms with Crippen LogP contribution in [0.5, 0.6) is 0 Å². The Hall–Kier alpha value is -1.59. The van der Waals surface area contributed by atoms with Crippen molar-refractivity contribution < 1.29 is 9.59 Å². The number of carbonyl (C=O) groups is 2. The van der Waals surface area contributed by atoms with E-state index in [0.717, 1.165) is 31.5 Å². The van der Waals surface area contributed by atoms with Crippen molar-refractivity contribution in [1.29, 1.82) is 0 Å². The molecule has 1 saturated heterocycles. The lowest BCUT2D eigenvalue weighted by molar-refractivity contribution is -0.125. The molecule has 0 bridgehead atoms. The number of hydrogen-bond acceptors (Lipinski definition) is 3. The van der Waals surface area contributed by atoms with Crippen LogP contribution in [-0.4, -0.2) is 31.4 Å². The van der Waals surface area contributed by atoms with Crippen LogP contribution in [0.1, 0.15) is 35.7 Å². The molecule has 2 rings (SSSR count). The van der Waals surface area contributed by atoms with E-state index in [1.165, 1.54) is 0 Å². The quantitative estimate of drug-likeness (QED) is 0.768. The third-order valence-electron chi connectivity index (χ3n) is 3.69. The summed E-state index contributed by atoms with van der Waals surface area (Å²) in [5.41, 5.74) is 1.64. The summed E-state index contributed by atoms with van der Waals surface area (Å²) in [5, 5.41) is 8.96. The van der Waals surface area contributed by atoms with Crippen LogP contribution in [0, 0.1) is 5.92 Å². The molecule has 0 aliphatic carbocycles. The number of benzene rings is 1. The zero-order valence-electron chi connectivity index (χ0n) is 12.9. The number of carbonyl (C=O) groups excluding carboxylic acids is 2. The first-order valence-corrected chi connectivity index (χ1v) is 7.56. The SMILES string of the molecule is CCNC(=O)c1ccc(CNC(=O)C2CCCNC2)cc1.Cl. The number of amides is 2. The van der Waals surface area contributed by atoms with Gasteiger partial charge in [-0.1, -0.05) is 12.1 Å². The van der Waals surface area contributed by atoms with Gasteiger partial charge in [-0.05, 0) is 44.0 Å². The van der Waals surface area contributed by atoms with E-state index in [1.807, 2.05) is 19.1 Å². The minimum absolute atomic E-state index is 0. The average molecular weight is 326 g/mol. The number of rotatable bonds is 5. The summed E-state index contributed by atoms with van der Waals surface area (Å²) in [6, 6.07) is 7.33. The fraction of sp³-hybridized carbons (Fsp3) is 0.500. The molecule has 22 heavy (non-hydrogen) atoms. The minimum Gasteiger partial charge on any atom is -0.352 e. The molecule has 3 N–H and O–H groups in total. The van der Waals surface area contributed by atoms with Crippen LogP contribution >= 0.6 is 12.4 Å². The molecule has 5 nitrogen and oxygen atoms in total. The zero-order chi connectivity index (χ0) is 15.1. The second-order valence-electron chi connectivity index (χ2n) is 5.32. The third kappa shape index (κ3) is 5.31. The maximum Gasteiger partial charge on any atom is 0.251 e. The molecule has 6 heteroatoms. The van der Waals surface area contributed by atoms with Crippen LogP contribution in [0.4, 0.5) is 0 Å². The lowest BCUT2D eigenvalue weighted by Crippen LogP contribution is -2.40. The Morgan fingerprint density at radius 1 is 1.23 bits per heavy atom. The first-order chi connectivity index (χ1) is 10.2. The second kappa shape index (κ2) is 9.43. The summed E-state index contributed by atoms with van der Waals surface area (Å²) in [5.74, 6) is 0.115. The van der Waals surface area contributed by atoms with Crippen molar-refractivity contribution in [2.24, 2.45) is 5.92 Å². The highest BCUT2D eigenvalue weighted by Gasteiger charge is 2.20. The van der Waals surface area contributed by atoms with Gasteiger partial charge in [-0.25, -0.2) is 0 Å². The van der Waals surface area contributed by atoms with Crippen molar-refractivity contribution >= 4 is 24.2 Å². The molecule has 1 aromatic carbocycles. The molecular weight excluding hydrogens is 302 g/mol. The first kappa shape index (κ1) is 18.5. The van der Waals surface area contributed by atoms with Crippen molar-refractivity contribution in [1.82, 2.24) is 16.0 Å². The first-order valence-electron chi connectivity index (χ1n) is 7.56. The maximum absolute atomic E-state index is 12.0. The van der Waals surface area contributed by atoms with E-state index in [9.17, 15) is 9.59 Å². The fourth-order valence-corrected chi connectivity index (χ4v) is 2.45. The molecule has 0 radical (unpaired) electrons. The highest BCUT2D eigenvalue weighted by molar-refractivity contribution is 5.94. The van der Waals surface area contributed by atoms with Gasteiger partial charge in [-0.2, -0.15) is 0 Å². The molecule has 0 aromatic heterocycles. The van der Waals surface area contributed by atoms with Gasteiger partial charge in [0, 0.05) is 25.2 Å². The predicted molar refractivity (Wildman–Crippen MR) is 89.1 cm³/mol. The third-order valence-corrected chi connectivity index (χ3v) is 3.69. The van der Waals surface area contributed by atoms with Crippen LogP contribution in [0.2, 0.25) is 0 Å². The van der Waals surface area contributed by atoms with E-state index in [0.29, 0.717) is 18.7 Å². The summed E-state index contributed by atoms with van der Waals surface area (Å²) >= 11 is 0. The maximum atomic E-state index is 12.0. The lowest BCUT2D eigenvalue weighted by atomic mass is 9.99. The summed E-state index contributed by atoms with van der Waals surface area (Å²) in [4.78, 5) is 23.7. The molecule has 1 unspecified atom stereocenters. The molecule has 2 amide bonds. The standard InChI is InChI=1S/C16H23N3O2.ClH/c1-2-18-15(20)13-7-5-12(6-8-13)10-19-16(21)14-4-3-9-17-11-14;/h5-8,14,17H,2-4,9-11H2,1H3,(H,18,20)(H,19,21);1H. The van der Waals surface area contributed by atoms with Gasteiger partial charge in [0.15, 0.2) is 0 Å². The van der Waals surface area contributed by atoms with Gasteiger partial charge >= 0.3 is 0 Å². The Morgan fingerprint density at radius 2 is 1.95 bits per heavy atom. The molecular formula is C16H24ClN3O2. The summed E-state index contributed by atoms with van der Waals surface area (Å²) < 4.78 is 0. The zero-order valence-corrected chi connectivity index (χ0v) is 13.7. The fourth-order valence-electron chi connectivity index (χ4n) is 2.45. The molecule has 1 aromatic rings. The highest BCUT2D eigenvalue weighted by Crippen LogP contribution is 2.10. The second-order valence-corrected chi connectivity index (χ2v) is 5.32. The highest BCUT2D eigenvalue weighted by atomic mass is 35.5. The van der Waals surface area contributed by atoms with Gasteiger partial charge in [0.25, 0.3) is 5.91 Å². The van der Waals surface area contributed by atoms with E-state index < -0.39 is 0 Å². The van der Waals surface area contributed by atoms with Crippen molar-refractivity contribution in [3.05, 3.63) is 35.4 Å². The largest absolute Gasteiger partial charge is 0.352 e. The predicted octanol–water partition coefficient (Wildman–Crippen LogP) is 1.47. The topological polar surface area (TPSA) is 70.2 Å². The smallest absolute Gasteiger partial charge is 0.251 e. The van der Waals surface area contributed by atoms with E-state index in [-0.39, 0.29) is 30.1 Å². The van der Waals surface area contributed by atoms with Crippen LogP contribution in [-0.2, 0) is 11.3 Å². The Bertz CT molecular complexity index is 485. The van der Waals surface area contributed by atoms with Crippen LogP contribution in [0.3, 0.4) is 0 Å². The molecule has 1 heterocycles. The Balaban J connectivity index is 0.00000242. The number of hydrogen-bond donors (Lipinski definition) is 3. The molecule has 0 saturated carbocycles.